The lowest BCUT2D eigenvalue weighted by Gasteiger charge is -2.44. The van der Waals surface area contributed by atoms with E-state index in [1.54, 1.807) is 28.4 Å². The Hall–Kier alpha value is -4.44. The van der Waals surface area contributed by atoms with Crippen LogP contribution in [0.4, 0.5) is 0 Å². The first-order valence-electron chi connectivity index (χ1n) is 17.3. The van der Waals surface area contributed by atoms with Gasteiger partial charge in [-0.15, -0.1) is 0 Å². The van der Waals surface area contributed by atoms with Crippen molar-refractivity contribution in [3.05, 3.63) is 129 Å². The van der Waals surface area contributed by atoms with Gasteiger partial charge in [0.2, 0.25) is 0 Å². The van der Waals surface area contributed by atoms with Gasteiger partial charge in [0.05, 0.1) is 33.9 Å². The molecular formula is C45H52O4. The third kappa shape index (κ3) is 5.54. The molecule has 0 spiro atoms. The quantitative estimate of drug-likeness (QED) is 0.189. The van der Waals surface area contributed by atoms with Gasteiger partial charge in [0.25, 0.3) is 0 Å². The summed E-state index contributed by atoms with van der Waals surface area (Å²) in [5, 5.41) is 0. The second-order valence-corrected chi connectivity index (χ2v) is 15.7. The van der Waals surface area contributed by atoms with Crippen LogP contribution in [-0.4, -0.2) is 28.4 Å². The van der Waals surface area contributed by atoms with E-state index in [1.807, 2.05) is 12.1 Å². The highest BCUT2D eigenvalue weighted by molar-refractivity contribution is 5.84. The Kier molecular flexibility index (Phi) is 8.76. The van der Waals surface area contributed by atoms with Gasteiger partial charge >= 0.3 is 0 Å². The van der Waals surface area contributed by atoms with Crippen LogP contribution in [0.15, 0.2) is 84.5 Å². The molecular weight excluding hydrogens is 604 g/mol. The fourth-order valence-corrected chi connectivity index (χ4v) is 8.61. The van der Waals surface area contributed by atoms with Crippen molar-refractivity contribution in [2.45, 2.75) is 84.0 Å². The zero-order valence-electron chi connectivity index (χ0n) is 31.4. The van der Waals surface area contributed by atoms with Crippen LogP contribution < -0.4 is 18.9 Å². The number of benzene rings is 4. The van der Waals surface area contributed by atoms with E-state index in [0.717, 1.165) is 17.5 Å². The monoisotopic (exact) mass is 656 g/mol. The average Bonchev–Trinajstić information content (AvgIpc) is 3.70. The molecule has 0 bridgehead atoms. The van der Waals surface area contributed by atoms with Crippen molar-refractivity contribution >= 4 is 0 Å². The molecule has 6 rings (SSSR count). The number of rotatable bonds is 8. The predicted octanol–water partition coefficient (Wildman–Crippen LogP) is 10.9. The molecule has 2 aliphatic rings. The average molecular weight is 657 g/mol. The summed E-state index contributed by atoms with van der Waals surface area (Å²) in [5.41, 5.74) is 13.6. The topological polar surface area (TPSA) is 36.9 Å². The Morgan fingerprint density at radius 1 is 0.551 bits per heavy atom. The van der Waals surface area contributed by atoms with Gasteiger partial charge in [-0.3, -0.25) is 0 Å². The van der Waals surface area contributed by atoms with E-state index in [4.69, 9.17) is 18.9 Å². The van der Waals surface area contributed by atoms with E-state index < -0.39 is 5.41 Å². The van der Waals surface area contributed by atoms with Gasteiger partial charge in [-0.2, -0.15) is 0 Å². The molecule has 0 saturated carbocycles. The highest BCUT2D eigenvalue weighted by atomic mass is 16.5. The van der Waals surface area contributed by atoms with Gasteiger partial charge in [0, 0.05) is 5.92 Å². The van der Waals surface area contributed by atoms with Gasteiger partial charge in [-0.25, -0.2) is 0 Å². The van der Waals surface area contributed by atoms with E-state index in [0.29, 0.717) is 23.0 Å². The molecule has 0 aliphatic heterocycles. The van der Waals surface area contributed by atoms with Crippen molar-refractivity contribution < 1.29 is 18.9 Å². The molecule has 4 aromatic carbocycles. The summed E-state index contributed by atoms with van der Waals surface area (Å²) in [6.07, 6.45) is 7.61. The molecule has 0 unspecified atom stereocenters. The molecule has 0 atom stereocenters. The Morgan fingerprint density at radius 2 is 0.980 bits per heavy atom. The molecule has 0 fully saturated rings. The van der Waals surface area contributed by atoms with Crippen molar-refractivity contribution in [2.24, 2.45) is 0 Å². The first-order chi connectivity index (χ1) is 23.2. The van der Waals surface area contributed by atoms with Crippen molar-refractivity contribution in [1.29, 1.82) is 0 Å². The number of fused-ring (bicyclic) bond motifs is 3. The highest BCUT2D eigenvalue weighted by Gasteiger charge is 2.51. The Balaban J connectivity index is 1.82. The molecule has 2 aliphatic carbocycles. The molecule has 0 heterocycles. The van der Waals surface area contributed by atoms with E-state index >= 15 is 0 Å². The zero-order chi connectivity index (χ0) is 35.5. The molecule has 4 aromatic rings. The first kappa shape index (κ1) is 34.4. The van der Waals surface area contributed by atoms with E-state index in [1.165, 1.54) is 50.1 Å². The number of ether oxygens (including phenoxy) is 4. The van der Waals surface area contributed by atoms with E-state index in [9.17, 15) is 0 Å². The highest BCUT2D eigenvalue weighted by Crippen LogP contribution is 2.62. The molecule has 0 N–H and O–H groups in total. The summed E-state index contributed by atoms with van der Waals surface area (Å²) in [7, 11) is 6.81. The van der Waals surface area contributed by atoms with Crippen molar-refractivity contribution in [3.8, 4) is 34.1 Å². The first-order valence-corrected chi connectivity index (χ1v) is 17.3. The van der Waals surface area contributed by atoms with Gasteiger partial charge in [-0.1, -0.05) is 102 Å². The largest absolute Gasteiger partial charge is 0.493 e. The van der Waals surface area contributed by atoms with Crippen molar-refractivity contribution in [3.63, 3.8) is 0 Å². The van der Waals surface area contributed by atoms with E-state index in [-0.39, 0.29) is 16.7 Å². The third-order valence-corrected chi connectivity index (χ3v) is 10.7. The van der Waals surface area contributed by atoms with Crippen LogP contribution in [0, 0.1) is 13.8 Å². The minimum atomic E-state index is -0.645. The Bertz CT molecular complexity index is 1850. The van der Waals surface area contributed by atoms with Gasteiger partial charge in [0.1, 0.15) is 0 Å². The van der Waals surface area contributed by atoms with Crippen LogP contribution in [0.3, 0.4) is 0 Å². The number of hydrogen-bond donors (Lipinski definition) is 0. The number of aryl methyl sites for hydroxylation is 2. The fourth-order valence-electron chi connectivity index (χ4n) is 8.61. The second-order valence-electron chi connectivity index (χ2n) is 15.7. The summed E-state index contributed by atoms with van der Waals surface area (Å²) in [6, 6.07) is 22.8. The lowest BCUT2D eigenvalue weighted by Crippen LogP contribution is -2.37. The molecule has 0 radical (unpaired) electrons. The Labute approximate surface area is 293 Å². The summed E-state index contributed by atoms with van der Waals surface area (Å²) in [6.45, 7) is 18.5. The van der Waals surface area contributed by atoms with Crippen LogP contribution in [0.25, 0.3) is 11.1 Å². The number of methoxy groups -OCH3 is 4. The molecule has 49 heavy (non-hydrogen) atoms. The minimum absolute atomic E-state index is 0.00337. The van der Waals surface area contributed by atoms with Crippen molar-refractivity contribution in [2.75, 3.05) is 28.4 Å². The molecule has 0 amide bonds. The molecule has 0 aromatic heterocycles. The lowest BCUT2D eigenvalue weighted by molar-refractivity contribution is 0.351. The fraction of sp³-hybridized carbons (Fsp3) is 0.378. The smallest absolute Gasteiger partial charge is 0.161 e. The van der Waals surface area contributed by atoms with Crippen LogP contribution in [0.2, 0.25) is 0 Å². The SMILES string of the molecule is COc1ccc(C(C2=CC=CC2)(c2ccc(OC)c(OC)c2)C2c3cc(C)c(C(C)(C)C)cc3-c3cc(C(C)(C)C)c(C)cc32)cc1OC. The number of allylic oxidation sites excluding steroid dienone is 4. The normalized spacial score (nSPS) is 14.4. The van der Waals surface area contributed by atoms with Crippen LogP contribution >= 0.6 is 0 Å². The van der Waals surface area contributed by atoms with Crippen molar-refractivity contribution in [1.82, 2.24) is 0 Å². The number of hydrogen-bond acceptors (Lipinski definition) is 4. The van der Waals surface area contributed by atoms with Gasteiger partial charge in [0.15, 0.2) is 23.0 Å². The predicted molar refractivity (Wildman–Crippen MR) is 202 cm³/mol. The maximum atomic E-state index is 5.99. The lowest BCUT2D eigenvalue weighted by atomic mass is 9.58. The summed E-state index contributed by atoms with van der Waals surface area (Å²) >= 11 is 0. The molecule has 0 saturated heterocycles. The standard InChI is InChI=1S/C45H52O4/c1-27-21-34-32(25-36(27)43(3,4)5)33-26-37(44(6,7)8)28(2)22-35(33)42(34)45(29-15-13-14-16-29,30-17-19-38(46-9)40(23-30)48-11)31-18-20-39(47-10)41(24-31)49-12/h13-15,17-26,42H,16H2,1-12H3. The zero-order valence-corrected chi connectivity index (χ0v) is 31.4. The van der Waals surface area contributed by atoms with Crippen LogP contribution in [-0.2, 0) is 16.2 Å². The van der Waals surface area contributed by atoms with Gasteiger partial charge < -0.3 is 18.9 Å². The van der Waals surface area contributed by atoms with Crippen LogP contribution in [0.5, 0.6) is 23.0 Å². The minimum Gasteiger partial charge on any atom is -0.493 e. The summed E-state index contributed by atoms with van der Waals surface area (Å²) < 4.78 is 23.5. The third-order valence-electron chi connectivity index (χ3n) is 10.7. The Morgan fingerprint density at radius 3 is 1.33 bits per heavy atom. The maximum Gasteiger partial charge on any atom is 0.161 e. The molecule has 4 nitrogen and oxygen atoms in total. The maximum absolute atomic E-state index is 5.99. The van der Waals surface area contributed by atoms with Gasteiger partial charge in [-0.05, 0) is 111 Å². The molecule has 4 heteroatoms. The van der Waals surface area contributed by atoms with E-state index in [2.05, 4.69) is 122 Å². The van der Waals surface area contributed by atoms with Crippen LogP contribution in [0.1, 0.15) is 98.4 Å². The molecule has 256 valence electrons. The second kappa shape index (κ2) is 12.5. The summed E-state index contributed by atoms with van der Waals surface area (Å²) in [5.74, 6) is 2.76. The summed E-state index contributed by atoms with van der Waals surface area (Å²) in [4.78, 5) is 0.